The van der Waals surface area contributed by atoms with E-state index in [0.717, 1.165) is 10.6 Å². The Balaban J connectivity index is 1.67. The molecule has 1 aliphatic rings. The molecule has 2 aromatic carbocycles. The van der Waals surface area contributed by atoms with Crippen LogP contribution >= 0.6 is 11.6 Å². The summed E-state index contributed by atoms with van der Waals surface area (Å²) in [5.41, 5.74) is 4.39. The highest BCUT2D eigenvalue weighted by Crippen LogP contribution is 2.27. The maximum atomic E-state index is 14.8. The molecule has 0 radical (unpaired) electrons. The number of carbonyl (C=O) groups excluding carboxylic acids is 1. The van der Waals surface area contributed by atoms with Crippen LogP contribution in [0.5, 0.6) is 5.75 Å². The van der Waals surface area contributed by atoms with Gasteiger partial charge in [-0.1, -0.05) is 23.7 Å². The Morgan fingerprint density at radius 2 is 2.09 bits per heavy atom. The number of carbonyl (C=O) groups is 1. The van der Waals surface area contributed by atoms with E-state index in [1.165, 1.54) is 6.07 Å². The quantitative estimate of drug-likeness (QED) is 0.504. The Morgan fingerprint density at radius 1 is 1.31 bits per heavy atom. The minimum absolute atomic E-state index is 0.0606. The van der Waals surface area contributed by atoms with Crippen molar-refractivity contribution in [3.63, 3.8) is 0 Å². The van der Waals surface area contributed by atoms with E-state index in [-0.39, 0.29) is 48.8 Å². The van der Waals surface area contributed by atoms with Gasteiger partial charge in [0.1, 0.15) is 24.2 Å². The molecule has 3 aromatic rings. The average molecular weight is 506 g/mol. The number of nitrogens with two attached hydrogens (primary N) is 1. The molecule has 3 N–H and O–H groups in total. The lowest BCUT2D eigenvalue weighted by atomic mass is 10.0. The molecule has 2 atom stereocenters. The summed E-state index contributed by atoms with van der Waals surface area (Å²) < 4.78 is 32.9. The number of aromatic nitrogens is 2. The van der Waals surface area contributed by atoms with Crippen LogP contribution in [0.25, 0.3) is 10.9 Å². The molecule has 0 aliphatic carbocycles. The normalized spacial score (nSPS) is 18.5. The van der Waals surface area contributed by atoms with Crippen LogP contribution in [0.1, 0.15) is 30.0 Å². The molecule has 186 valence electrons. The number of aliphatic hydroxyl groups is 1. The SMILES string of the molecule is CC(C)(O)C1COC(COc2c(F)ccc3nc(C(N)=O)n(Cc4cccc(Cl)c4)c(=O)c23)CO1. The highest BCUT2D eigenvalue weighted by Gasteiger charge is 2.33. The van der Waals surface area contributed by atoms with Crippen LogP contribution in [0, 0.1) is 5.82 Å². The van der Waals surface area contributed by atoms with Crippen molar-refractivity contribution in [1.29, 1.82) is 0 Å². The molecule has 9 nitrogen and oxygen atoms in total. The molecule has 0 saturated carbocycles. The molecule has 4 rings (SSSR count). The summed E-state index contributed by atoms with van der Waals surface area (Å²) in [6.07, 6.45) is -1.06. The standard InChI is InChI=1S/C24H25ClFN3O6/c1-24(2,32)18-12-33-15(10-34-18)11-35-20-16(26)6-7-17-19(20)23(31)29(22(28-17)21(27)30)9-13-4-3-5-14(25)8-13/h3-8,15,18,32H,9-12H2,1-2H3,(H2,27,30). The van der Waals surface area contributed by atoms with Crippen molar-refractivity contribution in [2.45, 2.75) is 38.2 Å². The van der Waals surface area contributed by atoms with Crippen molar-refractivity contribution >= 4 is 28.4 Å². The molecule has 1 saturated heterocycles. The molecular weight excluding hydrogens is 481 g/mol. The lowest BCUT2D eigenvalue weighted by Crippen LogP contribution is -2.49. The number of rotatable bonds is 7. The second kappa shape index (κ2) is 9.90. The summed E-state index contributed by atoms with van der Waals surface area (Å²) in [6.45, 7) is 3.31. The van der Waals surface area contributed by atoms with Gasteiger partial charge in [-0.2, -0.15) is 0 Å². The fourth-order valence-corrected chi connectivity index (χ4v) is 3.98. The monoisotopic (exact) mass is 505 g/mol. The van der Waals surface area contributed by atoms with Crippen molar-refractivity contribution in [2.24, 2.45) is 5.73 Å². The molecule has 0 spiro atoms. The summed E-state index contributed by atoms with van der Waals surface area (Å²) in [6, 6.07) is 9.10. The fraction of sp³-hybridized carbons (Fsp3) is 0.375. The zero-order valence-corrected chi connectivity index (χ0v) is 19.9. The molecular formula is C24H25ClFN3O6. The Labute approximate surface area is 205 Å². The minimum atomic E-state index is -1.08. The summed E-state index contributed by atoms with van der Waals surface area (Å²) in [5, 5.41) is 10.4. The van der Waals surface area contributed by atoms with Gasteiger partial charge in [0.25, 0.3) is 11.5 Å². The van der Waals surface area contributed by atoms with Crippen LogP contribution in [0.2, 0.25) is 5.02 Å². The first kappa shape index (κ1) is 25.1. The third-order valence-electron chi connectivity index (χ3n) is 5.65. The molecule has 1 aromatic heterocycles. The van der Waals surface area contributed by atoms with Crippen molar-refractivity contribution < 1.29 is 28.5 Å². The van der Waals surface area contributed by atoms with Crippen molar-refractivity contribution in [1.82, 2.24) is 9.55 Å². The minimum Gasteiger partial charge on any atom is -0.487 e. The molecule has 2 unspecified atom stereocenters. The van der Waals surface area contributed by atoms with E-state index in [0.29, 0.717) is 10.6 Å². The van der Waals surface area contributed by atoms with Gasteiger partial charge >= 0.3 is 0 Å². The van der Waals surface area contributed by atoms with Gasteiger partial charge < -0.3 is 25.1 Å². The van der Waals surface area contributed by atoms with Gasteiger partial charge in [-0.05, 0) is 43.7 Å². The number of fused-ring (bicyclic) bond motifs is 1. The Bertz CT molecular complexity index is 1320. The molecule has 35 heavy (non-hydrogen) atoms. The van der Waals surface area contributed by atoms with Crippen LogP contribution < -0.4 is 16.0 Å². The van der Waals surface area contributed by atoms with Crippen LogP contribution in [-0.2, 0) is 16.0 Å². The number of benzene rings is 2. The van der Waals surface area contributed by atoms with Crippen molar-refractivity contribution in [2.75, 3.05) is 19.8 Å². The fourth-order valence-electron chi connectivity index (χ4n) is 3.77. The lowest BCUT2D eigenvalue weighted by molar-refractivity contribution is -0.194. The summed E-state index contributed by atoms with van der Waals surface area (Å²) in [4.78, 5) is 29.8. The first-order valence-electron chi connectivity index (χ1n) is 10.9. The summed E-state index contributed by atoms with van der Waals surface area (Å²) in [5.74, 6) is -2.28. The Morgan fingerprint density at radius 3 is 2.71 bits per heavy atom. The molecule has 1 fully saturated rings. The number of hydrogen-bond donors (Lipinski definition) is 2. The lowest BCUT2D eigenvalue weighted by Gasteiger charge is -2.35. The van der Waals surface area contributed by atoms with Gasteiger partial charge in [0.05, 0.1) is 30.9 Å². The van der Waals surface area contributed by atoms with Gasteiger partial charge in [-0.25, -0.2) is 9.37 Å². The second-order valence-electron chi connectivity index (χ2n) is 8.83. The maximum Gasteiger partial charge on any atom is 0.284 e. The number of primary amides is 1. The number of nitrogens with zero attached hydrogens (tertiary/aromatic N) is 2. The smallest absolute Gasteiger partial charge is 0.284 e. The Hall–Kier alpha value is -3.05. The van der Waals surface area contributed by atoms with Crippen LogP contribution in [0.4, 0.5) is 4.39 Å². The molecule has 11 heteroatoms. The maximum absolute atomic E-state index is 14.8. The first-order valence-corrected chi connectivity index (χ1v) is 11.3. The molecule has 0 bridgehead atoms. The van der Waals surface area contributed by atoms with Gasteiger partial charge in [-0.3, -0.25) is 14.2 Å². The van der Waals surface area contributed by atoms with Crippen LogP contribution in [-0.4, -0.2) is 58.2 Å². The average Bonchev–Trinajstić information content (AvgIpc) is 2.80. The third kappa shape index (κ3) is 5.46. The van der Waals surface area contributed by atoms with Gasteiger partial charge in [-0.15, -0.1) is 0 Å². The van der Waals surface area contributed by atoms with Crippen molar-refractivity contribution in [3.8, 4) is 5.75 Å². The summed E-state index contributed by atoms with van der Waals surface area (Å²) >= 11 is 6.04. The molecule has 1 aliphatic heterocycles. The van der Waals surface area contributed by atoms with E-state index in [1.54, 1.807) is 38.1 Å². The zero-order chi connectivity index (χ0) is 25.3. The third-order valence-corrected chi connectivity index (χ3v) is 5.88. The number of hydrogen-bond acceptors (Lipinski definition) is 7. The van der Waals surface area contributed by atoms with E-state index in [4.69, 9.17) is 31.5 Å². The molecule has 1 amide bonds. The first-order chi connectivity index (χ1) is 16.5. The van der Waals surface area contributed by atoms with E-state index >= 15 is 0 Å². The highest BCUT2D eigenvalue weighted by molar-refractivity contribution is 6.30. The van der Waals surface area contributed by atoms with Gasteiger partial charge in [0.2, 0.25) is 5.82 Å². The predicted molar refractivity (Wildman–Crippen MR) is 126 cm³/mol. The number of amides is 1. The number of ether oxygens (including phenoxy) is 3. The second-order valence-corrected chi connectivity index (χ2v) is 9.27. The predicted octanol–water partition coefficient (Wildman–Crippen LogP) is 2.27. The van der Waals surface area contributed by atoms with Gasteiger partial charge in [0, 0.05) is 5.02 Å². The van der Waals surface area contributed by atoms with E-state index < -0.39 is 35.1 Å². The zero-order valence-electron chi connectivity index (χ0n) is 19.2. The Kier molecular flexibility index (Phi) is 7.09. The molecule has 2 heterocycles. The topological polar surface area (TPSA) is 126 Å². The summed E-state index contributed by atoms with van der Waals surface area (Å²) in [7, 11) is 0. The van der Waals surface area contributed by atoms with Crippen LogP contribution in [0.15, 0.2) is 41.2 Å². The van der Waals surface area contributed by atoms with Crippen LogP contribution in [0.3, 0.4) is 0 Å². The van der Waals surface area contributed by atoms with Crippen molar-refractivity contribution in [3.05, 3.63) is 69.0 Å². The van der Waals surface area contributed by atoms with Gasteiger partial charge in [0.15, 0.2) is 11.6 Å². The highest BCUT2D eigenvalue weighted by atomic mass is 35.5. The number of halogens is 2. The van der Waals surface area contributed by atoms with E-state index in [1.807, 2.05) is 0 Å². The van der Waals surface area contributed by atoms with E-state index in [9.17, 15) is 19.1 Å². The van der Waals surface area contributed by atoms with E-state index in [2.05, 4.69) is 4.98 Å². The largest absolute Gasteiger partial charge is 0.487 e.